The third kappa shape index (κ3) is 4.82. The van der Waals surface area contributed by atoms with Gasteiger partial charge in [-0.1, -0.05) is 37.3 Å². The van der Waals surface area contributed by atoms with Crippen LogP contribution in [0.3, 0.4) is 0 Å². The van der Waals surface area contributed by atoms with E-state index >= 15 is 0 Å². The van der Waals surface area contributed by atoms with Gasteiger partial charge in [-0.25, -0.2) is 4.98 Å². The number of thiazole rings is 1. The first-order valence-electron chi connectivity index (χ1n) is 11.2. The Hall–Kier alpha value is -3.10. The number of ether oxygens (including phenoxy) is 2. The fourth-order valence-electron chi connectivity index (χ4n) is 3.77. The standard InChI is InChI=1S/C25H29N3O4S/c1-5-27(6-2)13-14-28(25-26-19-12-11-18(31-7-3)16-22(19)33-25)24(29)21-15-17-9-8-10-20(30-4)23(17)32-21/h8-12,15-16H,5-7,13-14H2,1-4H3. The van der Waals surface area contributed by atoms with Crippen LogP contribution in [-0.4, -0.2) is 55.7 Å². The van der Waals surface area contributed by atoms with Gasteiger partial charge in [-0.05, 0) is 50.3 Å². The Balaban J connectivity index is 1.71. The minimum atomic E-state index is -0.218. The molecule has 0 spiro atoms. The molecule has 0 saturated heterocycles. The molecule has 33 heavy (non-hydrogen) atoms. The van der Waals surface area contributed by atoms with Gasteiger partial charge in [0.2, 0.25) is 0 Å². The minimum Gasteiger partial charge on any atom is -0.494 e. The summed E-state index contributed by atoms with van der Waals surface area (Å²) in [6.45, 7) is 9.87. The van der Waals surface area contributed by atoms with Crippen LogP contribution in [0.1, 0.15) is 31.3 Å². The van der Waals surface area contributed by atoms with E-state index in [-0.39, 0.29) is 11.7 Å². The molecule has 174 valence electrons. The molecule has 7 nitrogen and oxygen atoms in total. The van der Waals surface area contributed by atoms with Crippen molar-refractivity contribution in [2.45, 2.75) is 20.8 Å². The van der Waals surface area contributed by atoms with Crippen molar-refractivity contribution < 1.29 is 18.7 Å². The number of para-hydroxylation sites is 1. The van der Waals surface area contributed by atoms with Crippen molar-refractivity contribution in [1.29, 1.82) is 0 Å². The third-order valence-corrected chi connectivity index (χ3v) is 6.65. The Morgan fingerprint density at radius 3 is 2.64 bits per heavy atom. The highest BCUT2D eigenvalue weighted by atomic mass is 32.1. The lowest BCUT2D eigenvalue weighted by Gasteiger charge is -2.24. The van der Waals surface area contributed by atoms with Gasteiger partial charge in [-0.15, -0.1) is 0 Å². The largest absolute Gasteiger partial charge is 0.494 e. The van der Waals surface area contributed by atoms with Gasteiger partial charge in [-0.3, -0.25) is 9.69 Å². The molecule has 2 aromatic carbocycles. The normalized spacial score (nSPS) is 11.4. The predicted octanol–water partition coefficient (Wildman–Crippen LogP) is 5.44. The van der Waals surface area contributed by atoms with Crippen LogP contribution in [0.4, 0.5) is 5.13 Å². The summed E-state index contributed by atoms with van der Waals surface area (Å²) in [5.41, 5.74) is 1.41. The maximum atomic E-state index is 13.7. The van der Waals surface area contributed by atoms with Crippen LogP contribution in [0.15, 0.2) is 46.9 Å². The molecule has 2 heterocycles. The molecular weight excluding hydrogens is 438 g/mol. The molecule has 8 heteroatoms. The van der Waals surface area contributed by atoms with Gasteiger partial charge in [0.05, 0.1) is 23.9 Å². The fraction of sp³-hybridized carbons (Fsp3) is 0.360. The van der Waals surface area contributed by atoms with Crippen LogP contribution < -0.4 is 14.4 Å². The summed E-state index contributed by atoms with van der Waals surface area (Å²) >= 11 is 1.48. The lowest BCUT2D eigenvalue weighted by molar-refractivity contribution is 0.0959. The van der Waals surface area contributed by atoms with Crippen molar-refractivity contribution in [3.8, 4) is 11.5 Å². The zero-order chi connectivity index (χ0) is 23.4. The Bertz CT molecular complexity index is 1250. The van der Waals surface area contributed by atoms with Crippen molar-refractivity contribution in [2.24, 2.45) is 0 Å². The smallest absolute Gasteiger partial charge is 0.295 e. The Labute approximate surface area is 197 Å². The van der Waals surface area contributed by atoms with E-state index in [1.165, 1.54) is 11.3 Å². The highest BCUT2D eigenvalue weighted by Gasteiger charge is 2.25. The van der Waals surface area contributed by atoms with E-state index in [2.05, 4.69) is 18.7 Å². The van der Waals surface area contributed by atoms with Gasteiger partial charge in [0, 0.05) is 18.5 Å². The average molecular weight is 468 g/mol. The quantitative estimate of drug-likeness (QED) is 0.309. The van der Waals surface area contributed by atoms with Gasteiger partial charge < -0.3 is 18.8 Å². The number of hydrogen-bond acceptors (Lipinski definition) is 7. The second kappa shape index (κ2) is 10.2. The second-order valence-corrected chi connectivity index (χ2v) is 8.54. The second-order valence-electron chi connectivity index (χ2n) is 7.53. The van der Waals surface area contributed by atoms with Crippen LogP contribution in [0.2, 0.25) is 0 Å². The summed E-state index contributed by atoms with van der Waals surface area (Å²) in [4.78, 5) is 22.4. The molecule has 0 saturated carbocycles. The number of amides is 1. The Morgan fingerprint density at radius 1 is 1.09 bits per heavy atom. The molecule has 0 atom stereocenters. The van der Waals surface area contributed by atoms with Gasteiger partial charge in [0.15, 0.2) is 22.2 Å². The highest BCUT2D eigenvalue weighted by molar-refractivity contribution is 7.22. The molecule has 4 aromatic rings. The molecule has 4 rings (SSSR count). The summed E-state index contributed by atoms with van der Waals surface area (Å²) in [7, 11) is 1.59. The predicted molar refractivity (Wildman–Crippen MR) is 133 cm³/mol. The van der Waals surface area contributed by atoms with E-state index in [0.29, 0.717) is 29.6 Å². The molecule has 0 unspecified atom stereocenters. The molecule has 0 bridgehead atoms. The molecule has 0 aliphatic carbocycles. The number of benzene rings is 2. The zero-order valence-corrected chi connectivity index (χ0v) is 20.3. The number of furan rings is 1. The van der Waals surface area contributed by atoms with E-state index < -0.39 is 0 Å². The number of anilines is 1. The van der Waals surface area contributed by atoms with Crippen LogP contribution in [0.25, 0.3) is 21.2 Å². The Morgan fingerprint density at radius 2 is 1.91 bits per heavy atom. The minimum absolute atomic E-state index is 0.218. The van der Waals surface area contributed by atoms with Crippen LogP contribution in [-0.2, 0) is 0 Å². The Kier molecular flexibility index (Phi) is 7.15. The number of nitrogens with zero attached hydrogens (tertiary/aromatic N) is 3. The van der Waals surface area contributed by atoms with Gasteiger partial charge in [-0.2, -0.15) is 0 Å². The first kappa shape index (κ1) is 23.1. The van der Waals surface area contributed by atoms with Crippen molar-refractivity contribution in [3.63, 3.8) is 0 Å². The maximum Gasteiger partial charge on any atom is 0.295 e. The summed E-state index contributed by atoms with van der Waals surface area (Å²) in [5, 5.41) is 1.47. The topological polar surface area (TPSA) is 68.0 Å². The fourth-order valence-corrected chi connectivity index (χ4v) is 4.78. The number of methoxy groups -OCH3 is 1. The van der Waals surface area contributed by atoms with Crippen LogP contribution >= 0.6 is 11.3 Å². The van der Waals surface area contributed by atoms with Crippen LogP contribution in [0, 0.1) is 0 Å². The monoisotopic (exact) mass is 467 g/mol. The van der Waals surface area contributed by atoms with E-state index in [0.717, 1.165) is 41.0 Å². The summed E-state index contributed by atoms with van der Waals surface area (Å²) in [5.74, 6) is 1.45. The lowest BCUT2D eigenvalue weighted by atomic mass is 10.2. The lowest BCUT2D eigenvalue weighted by Crippen LogP contribution is -2.38. The maximum absolute atomic E-state index is 13.7. The molecule has 0 radical (unpaired) electrons. The van der Waals surface area contributed by atoms with E-state index in [9.17, 15) is 4.79 Å². The van der Waals surface area contributed by atoms with E-state index in [4.69, 9.17) is 18.9 Å². The summed E-state index contributed by atoms with van der Waals surface area (Å²) < 4.78 is 18.0. The SMILES string of the molecule is CCOc1ccc2nc(N(CCN(CC)CC)C(=O)c3cc4cccc(OC)c4o3)sc2c1. The summed E-state index contributed by atoms with van der Waals surface area (Å²) in [6.07, 6.45) is 0. The average Bonchev–Trinajstić information content (AvgIpc) is 3.45. The van der Waals surface area contributed by atoms with Gasteiger partial charge in [0.1, 0.15) is 5.75 Å². The number of carbonyl (C=O) groups excluding carboxylic acids is 1. The number of carbonyl (C=O) groups is 1. The van der Waals surface area contributed by atoms with Crippen molar-refractivity contribution in [3.05, 3.63) is 48.2 Å². The number of likely N-dealkylation sites (N-methyl/N-ethyl adjacent to an activating group) is 1. The van der Waals surface area contributed by atoms with Crippen molar-refractivity contribution >= 4 is 43.6 Å². The van der Waals surface area contributed by atoms with Crippen LogP contribution in [0.5, 0.6) is 11.5 Å². The molecular formula is C25H29N3O4S. The first-order chi connectivity index (χ1) is 16.1. The number of aromatic nitrogens is 1. The molecule has 0 N–H and O–H groups in total. The molecule has 0 fully saturated rings. The molecule has 0 aliphatic heterocycles. The summed E-state index contributed by atoms with van der Waals surface area (Å²) in [6, 6.07) is 13.2. The van der Waals surface area contributed by atoms with Gasteiger partial charge in [0.25, 0.3) is 5.91 Å². The van der Waals surface area contributed by atoms with E-state index in [1.54, 1.807) is 18.1 Å². The van der Waals surface area contributed by atoms with Gasteiger partial charge >= 0.3 is 0 Å². The number of hydrogen-bond donors (Lipinski definition) is 0. The zero-order valence-electron chi connectivity index (χ0n) is 19.5. The third-order valence-electron chi connectivity index (χ3n) is 5.61. The first-order valence-corrected chi connectivity index (χ1v) is 12.0. The van der Waals surface area contributed by atoms with E-state index in [1.807, 2.05) is 43.3 Å². The number of fused-ring (bicyclic) bond motifs is 2. The van der Waals surface area contributed by atoms with Crippen molar-refractivity contribution in [2.75, 3.05) is 44.8 Å². The number of rotatable bonds is 10. The molecule has 0 aliphatic rings. The highest BCUT2D eigenvalue weighted by Crippen LogP contribution is 2.34. The molecule has 2 aromatic heterocycles. The van der Waals surface area contributed by atoms with Crippen molar-refractivity contribution in [1.82, 2.24) is 9.88 Å². The molecule has 1 amide bonds.